The molecule has 0 amide bonds. The molecule has 0 aliphatic carbocycles. The van der Waals surface area contributed by atoms with Crippen molar-refractivity contribution in [1.29, 1.82) is 0 Å². The van der Waals surface area contributed by atoms with Gasteiger partial charge < -0.3 is 5.32 Å². The van der Waals surface area contributed by atoms with Crippen molar-refractivity contribution in [3.63, 3.8) is 0 Å². The van der Waals surface area contributed by atoms with Crippen LogP contribution in [0, 0.1) is 5.82 Å². The lowest BCUT2D eigenvalue weighted by atomic mass is 10.1. The highest BCUT2D eigenvalue weighted by atomic mass is 79.9. The van der Waals surface area contributed by atoms with Crippen molar-refractivity contribution in [1.82, 2.24) is 0 Å². The Morgan fingerprint density at radius 2 is 1.95 bits per heavy atom. The van der Waals surface area contributed by atoms with Crippen LogP contribution in [-0.2, 0) is 9.84 Å². The van der Waals surface area contributed by atoms with E-state index in [9.17, 15) is 12.8 Å². The summed E-state index contributed by atoms with van der Waals surface area (Å²) in [5, 5.41) is 2.97. The highest BCUT2D eigenvalue weighted by Gasteiger charge is 2.34. The van der Waals surface area contributed by atoms with Crippen molar-refractivity contribution in [3.8, 4) is 0 Å². The summed E-state index contributed by atoms with van der Waals surface area (Å²) in [5.41, 5.74) is 0.986. The zero-order valence-electron chi connectivity index (χ0n) is 10.3. The maximum atomic E-state index is 13.8. The first-order chi connectivity index (χ1) is 9.47. The van der Waals surface area contributed by atoms with E-state index in [1.165, 1.54) is 6.07 Å². The molecule has 20 heavy (non-hydrogen) atoms. The number of halogens is 2. The van der Waals surface area contributed by atoms with Gasteiger partial charge in [-0.25, -0.2) is 12.8 Å². The Hall–Kier alpha value is -1.40. The maximum absolute atomic E-state index is 13.8. The van der Waals surface area contributed by atoms with Crippen LogP contribution in [0.2, 0.25) is 0 Å². The lowest BCUT2D eigenvalue weighted by Crippen LogP contribution is -2.13. The van der Waals surface area contributed by atoms with Gasteiger partial charge in [-0.05, 0) is 29.8 Å². The number of anilines is 1. The summed E-state index contributed by atoms with van der Waals surface area (Å²) in [7, 11) is -3.29. The minimum atomic E-state index is -3.29. The van der Waals surface area contributed by atoms with Crippen LogP contribution in [0.4, 0.5) is 10.1 Å². The van der Waals surface area contributed by atoms with Crippen molar-refractivity contribution in [2.24, 2.45) is 0 Å². The third kappa shape index (κ3) is 2.33. The molecule has 1 heterocycles. The monoisotopic (exact) mass is 355 g/mol. The molecule has 2 aromatic carbocycles. The number of hydrogen-bond acceptors (Lipinski definition) is 3. The Morgan fingerprint density at radius 3 is 2.70 bits per heavy atom. The Morgan fingerprint density at radius 1 is 1.20 bits per heavy atom. The summed E-state index contributed by atoms with van der Waals surface area (Å²) in [5.74, 6) is -0.469. The molecule has 0 bridgehead atoms. The zero-order chi connectivity index (χ0) is 14.3. The van der Waals surface area contributed by atoms with Gasteiger partial charge in [0.25, 0.3) is 0 Å². The van der Waals surface area contributed by atoms with Gasteiger partial charge in [-0.1, -0.05) is 34.1 Å². The fraction of sp³-hybridized carbons (Fsp3) is 0.143. The molecule has 0 fully saturated rings. The normalized spacial score (nSPS) is 19.6. The standard InChI is InChI=1S/C14H11BrFNO2S/c15-9-5-6-12(11(16)7-9)17-13-8-20(18,19)14-4-2-1-3-10(13)14/h1-7,13,17H,8H2. The van der Waals surface area contributed by atoms with Gasteiger partial charge in [-0.3, -0.25) is 0 Å². The van der Waals surface area contributed by atoms with Crippen LogP contribution in [0.1, 0.15) is 11.6 Å². The van der Waals surface area contributed by atoms with E-state index in [1.54, 1.807) is 36.4 Å². The van der Waals surface area contributed by atoms with Crippen LogP contribution in [0.5, 0.6) is 0 Å². The van der Waals surface area contributed by atoms with Crippen molar-refractivity contribution in [2.75, 3.05) is 11.1 Å². The quantitative estimate of drug-likeness (QED) is 0.896. The highest BCUT2D eigenvalue weighted by Crippen LogP contribution is 2.36. The molecule has 0 aromatic heterocycles. The van der Waals surface area contributed by atoms with E-state index < -0.39 is 21.7 Å². The first kappa shape index (κ1) is 13.6. The molecule has 1 N–H and O–H groups in total. The smallest absolute Gasteiger partial charge is 0.181 e. The molecule has 0 spiro atoms. The SMILES string of the molecule is O=S1(=O)CC(Nc2ccc(Br)cc2F)c2ccccc21. The second-order valence-corrected chi connectivity index (χ2v) is 7.56. The molecule has 104 valence electrons. The number of fused-ring (bicyclic) bond motifs is 1. The predicted molar refractivity (Wildman–Crippen MR) is 79.0 cm³/mol. The topological polar surface area (TPSA) is 46.2 Å². The fourth-order valence-electron chi connectivity index (χ4n) is 2.36. The first-order valence-electron chi connectivity index (χ1n) is 6.01. The summed E-state index contributed by atoms with van der Waals surface area (Å²) in [6.07, 6.45) is 0. The minimum absolute atomic E-state index is 0.0537. The van der Waals surface area contributed by atoms with E-state index >= 15 is 0 Å². The Bertz CT molecular complexity index is 776. The average molecular weight is 356 g/mol. The van der Waals surface area contributed by atoms with Gasteiger partial charge in [0.05, 0.1) is 22.4 Å². The molecule has 3 rings (SSSR count). The maximum Gasteiger partial charge on any atom is 0.181 e. The average Bonchev–Trinajstić information content (AvgIpc) is 2.65. The highest BCUT2D eigenvalue weighted by molar-refractivity contribution is 9.10. The first-order valence-corrected chi connectivity index (χ1v) is 8.45. The number of benzene rings is 2. The van der Waals surface area contributed by atoms with E-state index in [0.29, 0.717) is 20.6 Å². The Balaban J connectivity index is 1.97. The molecule has 1 atom stereocenters. The van der Waals surface area contributed by atoms with Crippen LogP contribution in [0.3, 0.4) is 0 Å². The molecule has 2 aromatic rings. The summed E-state index contributed by atoms with van der Waals surface area (Å²) in [6.45, 7) is 0. The molecule has 0 saturated heterocycles. The summed E-state index contributed by atoms with van der Waals surface area (Å²) >= 11 is 3.19. The molecule has 1 aliphatic rings. The van der Waals surface area contributed by atoms with Crippen LogP contribution in [-0.4, -0.2) is 14.2 Å². The van der Waals surface area contributed by atoms with Crippen LogP contribution in [0.15, 0.2) is 51.8 Å². The molecule has 3 nitrogen and oxygen atoms in total. The van der Waals surface area contributed by atoms with Gasteiger partial charge in [0, 0.05) is 4.47 Å². The lowest BCUT2D eigenvalue weighted by molar-refractivity contribution is 0.598. The second-order valence-electron chi connectivity index (χ2n) is 4.64. The van der Waals surface area contributed by atoms with E-state index in [4.69, 9.17) is 0 Å². The van der Waals surface area contributed by atoms with Crippen LogP contribution in [0.25, 0.3) is 0 Å². The Labute approximate surface area is 124 Å². The molecule has 0 saturated carbocycles. The molecule has 1 aliphatic heterocycles. The summed E-state index contributed by atoms with van der Waals surface area (Å²) in [6, 6.07) is 11.0. The van der Waals surface area contributed by atoms with Gasteiger partial charge in [-0.15, -0.1) is 0 Å². The van der Waals surface area contributed by atoms with Gasteiger partial charge >= 0.3 is 0 Å². The van der Waals surface area contributed by atoms with Crippen LogP contribution < -0.4 is 5.32 Å². The van der Waals surface area contributed by atoms with E-state index in [2.05, 4.69) is 21.2 Å². The van der Waals surface area contributed by atoms with Crippen molar-refractivity contribution in [2.45, 2.75) is 10.9 Å². The predicted octanol–water partition coefficient (Wildman–Crippen LogP) is 3.53. The third-order valence-electron chi connectivity index (χ3n) is 3.28. The summed E-state index contributed by atoms with van der Waals surface area (Å²) in [4.78, 5) is 0.329. The molecular weight excluding hydrogens is 345 g/mol. The molecule has 1 unspecified atom stereocenters. The summed E-state index contributed by atoms with van der Waals surface area (Å²) < 4.78 is 38.6. The number of sulfone groups is 1. The van der Waals surface area contributed by atoms with Crippen LogP contribution >= 0.6 is 15.9 Å². The van der Waals surface area contributed by atoms with Gasteiger partial charge in [0.2, 0.25) is 0 Å². The minimum Gasteiger partial charge on any atom is -0.375 e. The third-order valence-corrected chi connectivity index (χ3v) is 5.58. The number of rotatable bonds is 2. The second kappa shape index (κ2) is 4.86. The Kier molecular flexibility index (Phi) is 3.30. The number of nitrogens with one attached hydrogen (secondary N) is 1. The van der Waals surface area contributed by atoms with Gasteiger partial charge in [0.15, 0.2) is 9.84 Å². The van der Waals surface area contributed by atoms with Gasteiger partial charge in [0.1, 0.15) is 5.82 Å². The van der Waals surface area contributed by atoms with E-state index in [-0.39, 0.29) is 5.75 Å². The fourth-order valence-corrected chi connectivity index (χ4v) is 4.43. The van der Waals surface area contributed by atoms with E-state index in [1.807, 2.05) is 0 Å². The molecule has 0 radical (unpaired) electrons. The van der Waals surface area contributed by atoms with Crippen molar-refractivity contribution >= 4 is 31.5 Å². The number of hydrogen-bond donors (Lipinski definition) is 1. The molecule has 6 heteroatoms. The van der Waals surface area contributed by atoms with E-state index in [0.717, 1.165) is 0 Å². The zero-order valence-corrected chi connectivity index (χ0v) is 12.7. The van der Waals surface area contributed by atoms with Crippen molar-refractivity contribution < 1.29 is 12.8 Å². The lowest BCUT2D eigenvalue weighted by Gasteiger charge is -2.15. The largest absolute Gasteiger partial charge is 0.375 e. The van der Waals surface area contributed by atoms with Crippen molar-refractivity contribution in [3.05, 3.63) is 58.3 Å². The van der Waals surface area contributed by atoms with Gasteiger partial charge in [-0.2, -0.15) is 0 Å². The molecular formula is C14H11BrFNO2S.